The van der Waals surface area contributed by atoms with Gasteiger partial charge in [-0.05, 0) is 47.4 Å². The van der Waals surface area contributed by atoms with E-state index in [1.165, 1.54) is 16.9 Å². The molecule has 5 aromatic rings. The Kier molecular flexibility index (Phi) is 5.24. The summed E-state index contributed by atoms with van der Waals surface area (Å²) in [5.41, 5.74) is 4.58. The van der Waals surface area contributed by atoms with Gasteiger partial charge < -0.3 is 9.84 Å². The van der Waals surface area contributed by atoms with Gasteiger partial charge in [-0.3, -0.25) is 9.78 Å². The molecule has 1 N–H and O–H groups in total. The fraction of sp³-hybridized carbons (Fsp3) is 0.0833. The molecule has 0 aliphatic rings. The molecule has 0 radical (unpaired) electrons. The van der Waals surface area contributed by atoms with Crippen LogP contribution in [-0.4, -0.2) is 27.6 Å². The third-order valence-corrected chi connectivity index (χ3v) is 5.96. The van der Waals surface area contributed by atoms with Gasteiger partial charge in [0.1, 0.15) is 15.6 Å². The van der Waals surface area contributed by atoms with Gasteiger partial charge in [0, 0.05) is 18.9 Å². The number of aromatic nitrogens is 3. The Morgan fingerprint density at radius 2 is 1.84 bits per heavy atom. The molecule has 6 nitrogen and oxygen atoms in total. The van der Waals surface area contributed by atoms with Crippen molar-refractivity contribution in [3.8, 4) is 21.8 Å². The zero-order valence-corrected chi connectivity index (χ0v) is 17.3. The van der Waals surface area contributed by atoms with Crippen molar-refractivity contribution in [3.05, 3.63) is 89.7 Å². The van der Waals surface area contributed by atoms with Gasteiger partial charge in [0.25, 0.3) is 5.91 Å². The molecule has 0 aliphatic heterocycles. The van der Waals surface area contributed by atoms with Gasteiger partial charge in [0.15, 0.2) is 5.58 Å². The standard InChI is InChI=1S/C24H18N4O2S/c29-23(26-13-8-16-4-2-1-3-5-16)21-15-27-24(31-21)22-19-7-6-18(14-20(19)30-28-22)17-9-11-25-12-10-17/h1-7,9-12,14-15H,8,13H2,(H,26,29). The molecule has 0 saturated heterocycles. The number of fused-ring (bicyclic) bond motifs is 1. The number of rotatable bonds is 6. The van der Waals surface area contributed by atoms with Crippen LogP contribution >= 0.6 is 11.3 Å². The molecular formula is C24H18N4O2S. The Labute approximate surface area is 182 Å². The number of pyridine rings is 1. The van der Waals surface area contributed by atoms with Crippen LogP contribution in [0.5, 0.6) is 0 Å². The summed E-state index contributed by atoms with van der Waals surface area (Å²) in [6.45, 7) is 0.570. The second kappa shape index (κ2) is 8.49. The lowest BCUT2D eigenvalue weighted by atomic mass is 10.1. The molecule has 31 heavy (non-hydrogen) atoms. The Morgan fingerprint density at radius 3 is 2.68 bits per heavy atom. The van der Waals surface area contributed by atoms with Gasteiger partial charge in [-0.1, -0.05) is 41.6 Å². The van der Waals surface area contributed by atoms with Gasteiger partial charge in [-0.2, -0.15) is 0 Å². The predicted molar refractivity (Wildman–Crippen MR) is 121 cm³/mol. The smallest absolute Gasteiger partial charge is 0.263 e. The highest BCUT2D eigenvalue weighted by Crippen LogP contribution is 2.33. The third-order valence-electron chi connectivity index (χ3n) is 4.96. The quantitative estimate of drug-likeness (QED) is 0.414. The van der Waals surface area contributed by atoms with Crippen LogP contribution in [0.2, 0.25) is 0 Å². The number of nitrogens with one attached hydrogen (secondary N) is 1. The van der Waals surface area contributed by atoms with E-state index in [0.29, 0.717) is 27.7 Å². The van der Waals surface area contributed by atoms with Gasteiger partial charge in [-0.15, -0.1) is 11.3 Å². The Balaban J connectivity index is 1.31. The fourth-order valence-electron chi connectivity index (χ4n) is 3.36. The normalized spacial score (nSPS) is 11.0. The lowest BCUT2D eigenvalue weighted by molar-refractivity contribution is 0.0958. The van der Waals surface area contributed by atoms with Crippen molar-refractivity contribution < 1.29 is 9.32 Å². The van der Waals surface area contributed by atoms with Crippen LogP contribution in [0.25, 0.3) is 32.8 Å². The maximum Gasteiger partial charge on any atom is 0.263 e. The monoisotopic (exact) mass is 426 g/mol. The first-order chi connectivity index (χ1) is 15.3. The predicted octanol–water partition coefficient (Wildman–Crippen LogP) is 4.99. The van der Waals surface area contributed by atoms with Gasteiger partial charge in [0.2, 0.25) is 0 Å². The molecule has 0 aliphatic carbocycles. The molecule has 0 fully saturated rings. The fourth-order valence-corrected chi connectivity index (χ4v) is 4.18. The van der Waals surface area contributed by atoms with Crippen LogP contribution in [0, 0.1) is 0 Å². The molecule has 0 atom stereocenters. The molecule has 0 saturated carbocycles. The first-order valence-corrected chi connectivity index (χ1v) is 10.7. The molecular weight excluding hydrogens is 408 g/mol. The summed E-state index contributed by atoms with van der Waals surface area (Å²) in [6, 6.07) is 19.9. The average Bonchev–Trinajstić information content (AvgIpc) is 3.47. The van der Waals surface area contributed by atoms with E-state index in [1.54, 1.807) is 18.6 Å². The van der Waals surface area contributed by atoms with Crippen LogP contribution < -0.4 is 5.32 Å². The maximum absolute atomic E-state index is 12.5. The Morgan fingerprint density at radius 1 is 1.00 bits per heavy atom. The van der Waals surface area contributed by atoms with Crippen LogP contribution in [0.1, 0.15) is 15.2 Å². The molecule has 3 heterocycles. The topological polar surface area (TPSA) is 80.9 Å². The van der Waals surface area contributed by atoms with Crippen molar-refractivity contribution in [2.24, 2.45) is 0 Å². The summed E-state index contributed by atoms with van der Waals surface area (Å²) < 4.78 is 5.55. The number of nitrogens with zero attached hydrogens (tertiary/aromatic N) is 3. The largest absolute Gasteiger partial charge is 0.356 e. The van der Waals surface area contributed by atoms with Crippen molar-refractivity contribution in [2.45, 2.75) is 6.42 Å². The number of benzene rings is 2. The summed E-state index contributed by atoms with van der Waals surface area (Å²) in [7, 11) is 0. The molecule has 1 amide bonds. The molecule has 3 aromatic heterocycles. The molecule has 152 valence electrons. The summed E-state index contributed by atoms with van der Waals surface area (Å²) in [4.78, 5) is 21.5. The molecule has 0 bridgehead atoms. The van der Waals surface area contributed by atoms with E-state index in [4.69, 9.17) is 4.52 Å². The number of amides is 1. The zero-order chi connectivity index (χ0) is 21.0. The van der Waals surface area contributed by atoms with E-state index in [0.717, 1.165) is 22.9 Å². The van der Waals surface area contributed by atoms with E-state index < -0.39 is 0 Å². The molecule has 7 heteroatoms. The van der Waals surface area contributed by atoms with Crippen molar-refractivity contribution in [1.29, 1.82) is 0 Å². The van der Waals surface area contributed by atoms with Crippen LogP contribution in [0.15, 0.2) is 83.8 Å². The van der Waals surface area contributed by atoms with E-state index in [9.17, 15) is 4.79 Å². The molecule has 5 rings (SSSR count). The van der Waals surface area contributed by atoms with Crippen LogP contribution in [0.3, 0.4) is 0 Å². The summed E-state index contributed by atoms with van der Waals surface area (Å²) in [5.74, 6) is -0.132. The number of carbonyl (C=O) groups excluding carboxylic acids is 1. The van der Waals surface area contributed by atoms with Crippen molar-refractivity contribution in [3.63, 3.8) is 0 Å². The van der Waals surface area contributed by atoms with Crippen LogP contribution in [0.4, 0.5) is 0 Å². The lowest BCUT2D eigenvalue weighted by Gasteiger charge is -2.03. The average molecular weight is 427 g/mol. The summed E-state index contributed by atoms with van der Waals surface area (Å²) in [6.07, 6.45) is 5.89. The Hall–Kier alpha value is -3.84. The minimum absolute atomic E-state index is 0.132. The first kappa shape index (κ1) is 19.1. The van der Waals surface area contributed by atoms with Gasteiger partial charge in [-0.25, -0.2) is 4.98 Å². The SMILES string of the molecule is O=C(NCCc1ccccc1)c1cnc(-c2noc3cc(-c4ccncc4)ccc23)s1. The zero-order valence-electron chi connectivity index (χ0n) is 16.5. The third kappa shape index (κ3) is 4.08. The highest BCUT2D eigenvalue weighted by molar-refractivity contribution is 7.17. The van der Waals surface area contributed by atoms with Crippen molar-refractivity contribution in [2.75, 3.05) is 6.54 Å². The number of carbonyl (C=O) groups is 1. The van der Waals surface area contributed by atoms with Gasteiger partial charge >= 0.3 is 0 Å². The van der Waals surface area contributed by atoms with Crippen molar-refractivity contribution in [1.82, 2.24) is 20.4 Å². The molecule has 2 aromatic carbocycles. The second-order valence-electron chi connectivity index (χ2n) is 7.00. The van der Waals surface area contributed by atoms with E-state index in [-0.39, 0.29) is 5.91 Å². The lowest BCUT2D eigenvalue weighted by Crippen LogP contribution is -2.24. The highest BCUT2D eigenvalue weighted by atomic mass is 32.1. The molecule has 0 unspecified atom stereocenters. The van der Waals surface area contributed by atoms with E-state index in [1.807, 2.05) is 60.7 Å². The minimum Gasteiger partial charge on any atom is -0.356 e. The van der Waals surface area contributed by atoms with E-state index in [2.05, 4.69) is 20.4 Å². The number of hydrogen-bond acceptors (Lipinski definition) is 6. The molecule has 0 spiro atoms. The Bertz CT molecular complexity index is 1330. The summed E-state index contributed by atoms with van der Waals surface area (Å²) >= 11 is 1.31. The van der Waals surface area contributed by atoms with Crippen LogP contribution in [-0.2, 0) is 6.42 Å². The van der Waals surface area contributed by atoms with Gasteiger partial charge in [0.05, 0.1) is 11.6 Å². The number of hydrogen-bond donors (Lipinski definition) is 1. The second-order valence-corrected chi connectivity index (χ2v) is 8.03. The maximum atomic E-state index is 12.5. The number of thiazole rings is 1. The highest BCUT2D eigenvalue weighted by Gasteiger charge is 2.17. The first-order valence-electron chi connectivity index (χ1n) is 9.86. The van der Waals surface area contributed by atoms with E-state index >= 15 is 0 Å². The minimum atomic E-state index is -0.132. The van der Waals surface area contributed by atoms with Crippen molar-refractivity contribution >= 4 is 28.2 Å². The summed E-state index contributed by atoms with van der Waals surface area (Å²) in [5, 5.41) is 8.68.